The lowest BCUT2D eigenvalue weighted by atomic mass is 10.2. The first-order valence-electron chi connectivity index (χ1n) is 12.5. The van der Waals surface area contributed by atoms with Gasteiger partial charge in [-0.3, -0.25) is 4.79 Å². The van der Waals surface area contributed by atoms with Crippen LogP contribution in [-0.2, 0) is 0 Å². The molecule has 0 aliphatic rings. The minimum absolute atomic E-state index is 0.223. The molecule has 0 atom stereocenters. The Morgan fingerprint density at radius 2 is 1.92 bits per heavy atom. The maximum Gasteiger partial charge on any atom is 0.258 e. The van der Waals surface area contributed by atoms with Gasteiger partial charge in [-0.25, -0.2) is 15.0 Å². The molecule has 4 aromatic rings. The molecule has 0 fully saturated rings. The van der Waals surface area contributed by atoms with Gasteiger partial charge in [0.2, 0.25) is 0 Å². The van der Waals surface area contributed by atoms with Crippen molar-refractivity contribution in [2.75, 3.05) is 44.0 Å². The number of nitrogens with zero attached hydrogens (tertiary/aromatic N) is 4. The maximum atomic E-state index is 13.2. The molecule has 1 amide bonds. The fourth-order valence-corrected chi connectivity index (χ4v) is 5.42. The molecule has 0 unspecified atom stereocenters. The van der Waals surface area contributed by atoms with Crippen molar-refractivity contribution in [3.8, 4) is 11.5 Å². The smallest absolute Gasteiger partial charge is 0.258 e. The van der Waals surface area contributed by atoms with E-state index < -0.39 is 5.91 Å². The van der Waals surface area contributed by atoms with Crippen LogP contribution in [0.2, 0.25) is 10.0 Å². The van der Waals surface area contributed by atoms with Crippen LogP contribution in [-0.4, -0.2) is 59.1 Å². The third kappa shape index (κ3) is 6.70. The van der Waals surface area contributed by atoms with E-state index in [4.69, 9.17) is 32.7 Å². The highest BCUT2D eigenvalue weighted by Crippen LogP contribution is 2.41. The highest BCUT2D eigenvalue weighted by molar-refractivity contribution is 7.18. The zero-order chi connectivity index (χ0) is 27.9. The van der Waals surface area contributed by atoms with Gasteiger partial charge in [0, 0.05) is 11.9 Å². The highest BCUT2D eigenvalue weighted by atomic mass is 35.5. The van der Waals surface area contributed by atoms with Crippen LogP contribution in [0.5, 0.6) is 11.5 Å². The van der Waals surface area contributed by atoms with Crippen molar-refractivity contribution >= 4 is 68.0 Å². The van der Waals surface area contributed by atoms with Crippen LogP contribution in [0.1, 0.15) is 36.2 Å². The summed E-state index contributed by atoms with van der Waals surface area (Å²) in [6, 6.07) is 5.40. The molecule has 1 aromatic carbocycles. The van der Waals surface area contributed by atoms with Crippen molar-refractivity contribution in [2.45, 2.75) is 27.2 Å². The number of ether oxygens (including phenoxy) is 2. The summed E-state index contributed by atoms with van der Waals surface area (Å²) in [7, 11) is 1.50. The summed E-state index contributed by atoms with van der Waals surface area (Å²) in [5.74, 6) is 1.85. The Bertz CT molecular complexity index is 1440. The van der Waals surface area contributed by atoms with Gasteiger partial charge in [-0.2, -0.15) is 0 Å². The molecular weight excluding hydrogens is 559 g/mol. The minimum atomic E-state index is -0.400. The van der Waals surface area contributed by atoms with Crippen LogP contribution in [0.15, 0.2) is 36.1 Å². The van der Waals surface area contributed by atoms with Gasteiger partial charge < -0.3 is 25.0 Å². The van der Waals surface area contributed by atoms with E-state index in [2.05, 4.69) is 44.3 Å². The summed E-state index contributed by atoms with van der Waals surface area (Å²) in [6.45, 7) is 9.83. The van der Waals surface area contributed by atoms with Gasteiger partial charge in [0.1, 0.15) is 28.7 Å². The summed E-state index contributed by atoms with van der Waals surface area (Å²) in [5.41, 5.74) is 1.87. The van der Waals surface area contributed by atoms with Crippen LogP contribution in [0.25, 0.3) is 10.2 Å². The van der Waals surface area contributed by atoms with E-state index in [9.17, 15) is 4.79 Å². The van der Waals surface area contributed by atoms with Crippen LogP contribution in [0.4, 0.5) is 17.3 Å². The van der Waals surface area contributed by atoms with Crippen molar-refractivity contribution in [3.63, 3.8) is 0 Å². The molecule has 0 aliphatic carbocycles. The molecule has 3 aromatic heterocycles. The number of pyridine rings is 1. The number of carbonyl (C=O) groups is 1. The average molecular weight is 590 g/mol. The molecule has 0 saturated heterocycles. The van der Waals surface area contributed by atoms with E-state index in [0.29, 0.717) is 50.5 Å². The van der Waals surface area contributed by atoms with Crippen molar-refractivity contribution in [3.05, 3.63) is 57.3 Å². The van der Waals surface area contributed by atoms with Crippen molar-refractivity contribution in [1.29, 1.82) is 0 Å². The number of halogens is 2. The normalized spacial score (nSPS) is 11.2. The van der Waals surface area contributed by atoms with Gasteiger partial charge in [-0.1, -0.05) is 37.0 Å². The number of hydrogen-bond donors (Lipinski definition) is 2. The second kappa shape index (κ2) is 13.3. The molecule has 4 rings (SSSR count). The Morgan fingerprint density at radius 3 is 2.62 bits per heavy atom. The Labute approximate surface area is 241 Å². The molecule has 2 N–H and O–H groups in total. The maximum absolute atomic E-state index is 13.2. The number of fused-ring (bicyclic) bond motifs is 1. The van der Waals surface area contributed by atoms with Crippen LogP contribution in [0, 0.1) is 6.92 Å². The van der Waals surface area contributed by atoms with Gasteiger partial charge in [-0.15, -0.1) is 11.3 Å². The van der Waals surface area contributed by atoms with Crippen LogP contribution in [0.3, 0.4) is 0 Å². The second-order valence-corrected chi connectivity index (χ2v) is 10.3. The molecule has 3 heterocycles. The Balaban J connectivity index is 1.46. The molecule has 0 bridgehead atoms. The highest BCUT2D eigenvalue weighted by Gasteiger charge is 2.21. The Hall–Kier alpha value is -3.18. The number of aromatic nitrogens is 3. The molecule has 0 aliphatic heterocycles. The first-order valence-corrected chi connectivity index (χ1v) is 14.1. The number of nitrogens with one attached hydrogen (secondary N) is 2. The van der Waals surface area contributed by atoms with E-state index in [1.165, 1.54) is 24.8 Å². The summed E-state index contributed by atoms with van der Waals surface area (Å²) in [5, 5.41) is 8.30. The van der Waals surface area contributed by atoms with Gasteiger partial charge >= 0.3 is 0 Å². The van der Waals surface area contributed by atoms with E-state index in [1.807, 2.05) is 19.1 Å². The molecule has 9 nitrogen and oxygen atoms in total. The molecule has 39 heavy (non-hydrogen) atoms. The van der Waals surface area contributed by atoms with Crippen LogP contribution >= 0.6 is 34.5 Å². The lowest BCUT2D eigenvalue weighted by molar-refractivity contribution is 0.102. The fourth-order valence-electron chi connectivity index (χ4n) is 3.96. The topological polar surface area (TPSA) is 102 Å². The predicted molar refractivity (Wildman–Crippen MR) is 159 cm³/mol. The zero-order valence-electron chi connectivity index (χ0n) is 22.2. The molecule has 12 heteroatoms. The van der Waals surface area contributed by atoms with Gasteiger partial charge in [0.25, 0.3) is 5.91 Å². The van der Waals surface area contributed by atoms with E-state index in [1.54, 1.807) is 17.6 Å². The second-order valence-electron chi connectivity index (χ2n) is 8.64. The van der Waals surface area contributed by atoms with Gasteiger partial charge in [0.15, 0.2) is 5.82 Å². The number of rotatable bonds is 12. The van der Waals surface area contributed by atoms with Crippen molar-refractivity contribution < 1.29 is 14.3 Å². The lowest BCUT2D eigenvalue weighted by Crippen LogP contribution is -2.25. The number of anilines is 3. The summed E-state index contributed by atoms with van der Waals surface area (Å²) >= 11 is 14.2. The minimum Gasteiger partial charge on any atom is -0.495 e. The molecular formula is C27H30Cl2N6O3S. The van der Waals surface area contributed by atoms with Crippen molar-refractivity contribution in [2.24, 2.45) is 0 Å². The number of thiophene rings is 1. The summed E-state index contributed by atoms with van der Waals surface area (Å²) < 4.78 is 11.8. The molecule has 0 radical (unpaired) electrons. The molecule has 206 valence electrons. The zero-order valence-corrected chi connectivity index (χ0v) is 24.5. The van der Waals surface area contributed by atoms with Gasteiger partial charge in [0.05, 0.1) is 46.4 Å². The van der Waals surface area contributed by atoms with E-state index in [-0.39, 0.29) is 10.7 Å². The lowest BCUT2D eigenvalue weighted by Gasteiger charge is -2.17. The SMILES string of the molecule is CCN(CC)CCCOc1ccc(Nc2ncnc3c(C(=O)Nc4c(Cl)c(C)cc(OC)c4Cl)csc23)nc1. The largest absolute Gasteiger partial charge is 0.495 e. The number of hydrogen-bond acceptors (Lipinski definition) is 9. The summed E-state index contributed by atoms with van der Waals surface area (Å²) in [6.07, 6.45) is 4.02. The molecule has 0 spiro atoms. The standard InChI is InChI=1S/C27H30Cl2N6O3S/c1-5-35(6-2)10-7-11-38-17-8-9-20(30-13-17)33-26-25-23(31-15-32-26)18(14-39-25)27(36)34-24-21(28)16(3)12-19(37-4)22(24)29/h8-9,12-15H,5-7,10-11H2,1-4H3,(H,34,36)(H,30,31,32,33). The third-order valence-electron chi connectivity index (χ3n) is 6.17. The fraction of sp³-hybridized carbons (Fsp3) is 0.333. The number of methoxy groups -OCH3 is 1. The number of aryl methyl sites for hydroxylation is 1. The first kappa shape index (κ1) is 28.8. The predicted octanol–water partition coefficient (Wildman–Crippen LogP) is 6.82. The third-order valence-corrected chi connectivity index (χ3v) is 8.01. The Morgan fingerprint density at radius 1 is 1.13 bits per heavy atom. The molecule has 0 saturated carbocycles. The van der Waals surface area contributed by atoms with E-state index >= 15 is 0 Å². The number of amides is 1. The Kier molecular flexibility index (Phi) is 9.79. The monoisotopic (exact) mass is 588 g/mol. The van der Waals surface area contributed by atoms with Gasteiger partial charge in [-0.05, 0) is 50.2 Å². The summed E-state index contributed by atoms with van der Waals surface area (Å²) in [4.78, 5) is 28.7. The van der Waals surface area contributed by atoms with Crippen LogP contribution < -0.4 is 20.1 Å². The average Bonchev–Trinajstić information content (AvgIpc) is 3.39. The number of benzene rings is 1. The first-order chi connectivity index (χ1) is 18.9. The quantitative estimate of drug-likeness (QED) is 0.174. The van der Waals surface area contributed by atoms with E-state index in [0.717, 1.165) is 31.6 Å². The van der Waals surface area contributed by atoms with Crippen molar-refractivity contribution in [1.82, 2.24) is 19.9 Å². The number of carbonyl (C=O) groups excluding carboxylic acids is 1.